The first-order valence-corrected chi connectivity index (χ1v) is 9.82. The number of fused-ring (bicyclic) bond motifs is 5. The van der Waals surface area contributed by atoms with Crippen molar-refractivity contribution in [2.75, 3.05) is 0 Å². The van der Waals surface area contributed by atoms with Crippen molar-refractivity contribution < 1.29 is 17.6 Å². The molecule has 1 aliphatic rings. The monoisotopic (exact) mass is 412 g/mol. The fraction of sp³-hybridized carbons (Fsp3) is 0.250. The van der Waals surface area contributed by atoms with E-state index < -0.39 is 17.6 Å². The zero-order chi connectivity index (χ0) is 21.3. The Morgan fingerprint density at radius 3 is 2.00 bits per heavy atom. The SMILES string of the molecule is CC1CCCc2c1ccc1c2ccc2c(C(F)(F)F)c(F)ccc21.c1cnccn1. The lowest BCUT2D eigenvalue weighted by Gasteiger charge is -2.24. The second-order valence-corrected chi connectivity index (χ2v) is 7.50. The van der Waals surface area contributed by atoms with Gasteiger partial charge in [-0.15, -0.1) is 0 Å². The molecule has 0 bridgehead atoms. The number of alkyl halides is 3. The largest absolute Gasteiger partial charge is 0.419 e. The molecule has 0 radical (unpaired) electrons. The summed E-state index contributed by atoms with van der Waals surface area (Å²) >= 11 is 0. The second kappa shape index (κ2) is 8.01. The maximum Gasteiger partial charge on any atom is 0.419 e. The van der Waals surface area contributed by atoms with E-state index in [2.05, 4.69) is 16.9 Å². The summed E-state index contributed by atoms with van der Waals surface area (Å²) in [6, 6.07) is 9.44. The predicted octanol–water partition coefficient (Wildman–Crippen LogP) is 7.07. The average molecular weight is 412 g/mol. The average Bonchev–Trinajstić information content (AvgIpc) is 2.74. The maximum atomic E-state index is 13.8. The number of aromatic nitrogens is 2. The highest BCUT2D eigenvalue weighted by Gasteiger charge is 2.36. The minimum atomic E-state index is -4.71. The number of aryl methyl sites for hydroxylation is 1. The van der Waals surface area contributed by atoms with Crippen molar-refractivity contribution >= 4 is 21.5 Å². The first-order chi connectivity index (χ1) is 14.4. The standard InChI is InChI=1S/C20H16F4.C4H4N2/c1-11-3-2-4-13-12(11)5-6-15-14(13)7-8-17-16(15)9-10-18(21)19(17)20(22,23)24;1-2-6-4-3-5-1/h5-11H,2-4H2,1H3;1-4H. The molecule has 3 aromatic carbocycles. The molecule has 1 heterocycles. The molecule has 0 saturated heterocycles. The van der Waals surface area contributed by atoms with Gasteiger partial charge < -0.3 is 0 Å². The number of hydrogen-bond donors (Lipinski definition) is 0. The molecule has 5 rings (SSSR count). The molecule has 1 aromatic heterocycles. The van der Waals surface area contributed by atoms with E-state index in [1.807, 2.05) is 12.1 Å². The normalized spacial score (nSPS) is 16.1. The third-order valence-corrected chi connectivity index (χ3v) is 5.65. The van der Waals surface area contributed by atoms with Crippen LogP contribution in [0.4, 0.5) is 17.6 Å². The Balaban J connectivity index is 0.000000313. The molecule has 0 aliphatic heterocycles. The van der Waals surface area contributed by atoms with E-state index in [0.29, 0.717) is 11.3 Å². The van der Waals surface area contributed by atoms with Crippen LogP contribution < -0.4 is 0 Å². The van der Waals surface area contributed by atoms with Gasteiger partial charge in [-0.3, -0.25) is 9.97 Å². The van der Waals surface area contributed by atoms with Crippen molar-refractivity contribution in [2.45, 2.75) is 38.3 Å². The maximum absolute atomic E-state index is 13.8. The second-order valence-electron chi connectivity index (χ2n) is 7.50. The summed E-state index contributed by atoms with van der Waals surface area (Å²) in [7, 11) is 0. The molecule has 1 unspecified atom stereocenters. The topological polar surface area (TPSA) is 25.8 Å². The molecule has 6 heteroatoms. The van der Waals surface area contributed by atoms with Gasteiger partial charge in [-0.2, -0.15) is 13.2 Å². The van der Waals surface area contributed by atoms with E-state index in [0.717, 1.165) is 36.1 Å². The van der Waals surface area contributed by atoms with Gasteiger partial charge in [0.15, 0.2) is 0 Å². The Labute approximate surface area is 171 Å². The van der Waals surface area contributed by atoms with Crippen LogP contribution in [0.15, 0.2) is 61.2 Å². The van der Waals surface area contributed by atoms with E-state index >= 15 is 0 Å². The summed E-state index contributed by atoms with van der Waals surface area (Å²) in [6.45, 7) is 2.18. The fourth-order valence-electron chi connectivity index (χ4n) is 4.30. The molecule has 154 valence electrons. The minimum absolute atomic E-state index is 0.0705. The van der Waals surface area contributed by atoms with Crippen LogP contribution in [0.1, 0.15) is 42.4 Å². The van der Waals surface area contributed by atoms with Gasteiger partial charge in [-0.25, -0.2) is 4.39 Å². The van der Waals surface area contributed by atoms with Gasteiger partial charge >= 0.3 is 6.18 Å². The van der Waals surface area contributed by atoms with Crippen molar-refractivity contribution in [1.82, 2.24) is 9.97 Å². The molecular formula is C24H20F4N2. The van der Waals surface area contributed by atoms with Crippen LogP contribution in [0.2, 0.25) is 0 Å². The van der Waals surface area contributed by atoms with E-state index in [9.17, 15) is 17.6 Å². The van der Waals surface area contributed by atoms with Crippen molar-refractivity contribution in [3.05, 3.63) is 83.7 Å². The van der Waals surface area contributed by atoms with Crippen LogP contribution in [0.3, 0.4) is 0 Å². The number of rotatable bonds is 0. The van der Waals surface area contributed by atoms with Crippen LogP contribution >= 0.6 is 0 Å². The van der Waals surface area contributed by atoms with E-state index in [-0.39, 0.29) is 5.39 Å². The van der Waals surface area contributed by atoms with Crippen molar-refractivity contribution in [3.8, 4) is 0 Å². The molecule has 0 spiro atoms. The highest BCUT2D eigenvalue weighted by atomic mass is 19.4. The van der Waals surface area contributed by atoms with E-state index in [4.69, 9.17) is 0 Å². The minimum Gasteiger partial charge on any atom is -0.262 e. The summed E-state index contributed by atoms with van der Waals surface area (Å²) in [5.74, 6) is -0.756. The summed E-state index contributed by atoms with van der Waals surface area (Å²) < 4.78 is 53.6. The Kier molecular flexibility index (Phi) is 5.41. The van der Waals surface area contributed by atoms with Gasteiger partial charge in [0, 0.05) is 24.8 Å². The number of halogens is 4. The van der Waals surface area contributed by atoms with Gasteiger partial charge in [0.05, 0.1) is 5.56 Å². The van der Waals surface area contributed by atoms with Crippen molar-refractivity contribution in [2.24, 2.45) is 0 Å². The molecule has 4 aromatic rings. The molecule has 0 fully saturated rings. The third kappa shape index (κ3) is 3.74. The summed E-state index contributed by atoms with van der Waals surface area (Å²) in [6.07, 6.45) is 5.01. The molecular weight excluding hydrogens is 392 g/mol. The zero-order valence-corrected chi connectivity index (χ0v) is 16.4. The summed E-state index contributed by atoms with van der Waals surface area (Å²) in [5, 5.41) is 2.15. The Hall–Kier alpha value is -3.02. The highest BCUT2D eigenvalue weighted by molar-refractivity contribution is 6.10. The van der Waals surface area contributed by atoms with Gasteiger partial charge in [-0.05, 0) is 63.9 Å². The zero-order valence-electron chi connectivity index (χ0n) is 16.4. The smallest absolute Gasteiger partial charge is 0.262 e. The molecule has 0 amide bonds. The lowest BCUT2D eigenvalue weighted by molar-refractivity contribution is -0.138. The van der Waals surface area contributed by atoms with E-state index in [1.54, 1.807) is 30.9 Å². The molecule has 30 heavy (non-hydrogen) atoms. The van der Waals surface area contributed by atoms with Gasteiger partial charge in [0.25, 0.3) is 0 Å². The Morgan fingerprint density at radius 1 is 0.800 bits per heavy atom. The number of nitrogens with zero attached hydrogens (tertiary/aromatic N) is 2. The lowest BCUT2D eigenvalue weighted by Crippen LogP contribution is -2.10. The summed E-state index contributed by atoms with van der Waals surface area (Å²) in [5.41, 5.74) is 1.34. The fourth-order valence-corrected chi connectivity index (χ4v) is 4.30. The van der Waals surface area contributed by atoms with Crippen LogP contribution in [0.5, 0.6) is 0 Å². The van der Waals surface area contributed by atoms with Crippen LogP contribution in [-0.4, -0.2) is 9.97 Å². The van der Waals surface area contributed by atoms with Crippen molar-refractivity contribution in [3.63, 3.8) is 0 Å². The van der Waals surface area contributed by atoms with Crippen LogP contribution in [-0.2, 0) is 12.6 Å². The molecule has 0 saturated carbocycles. The highest BCUT2D eigenvalue weighted by Crippen LogP contribution is 2.41. The molecule has 0 N–H and O–H groups in total. The van der Waals surface area contributed by atoms with Gasteiger partial charge in [0.1, 0.15) is 5.82 Å². The Bertz CT molecular complexity index is 1160. The van der Waals surface area contributed by atoms with Crippen LogP contribution in [0, 0.1) is 5.82 Å². The molecule has 1 atom stereocenters. The number of hydrogen-bond acceptors (Lipinski definition) is 2. The van der Waals surface area contributed by atoms with Gasteiger partial charge in [-0.1, -0.05) is 37.3 Å². The summed E-state index contributed by atoms with van der Waals surface area (Å²) in [4.78, 5) is 7.44. The molecule has 1 aliphatic carbocycles. The van der Waals surface area contributed by atoms with Crippen molar-refractivity contribution in [1.29, 1.82) is 0 Å². The van der Waals surface area contributed by atoms with Crippen LogP contribution in [0.25, 0.3) is 21.5 Å². The number of benzene rings is 3. The molecule has 2 nitrogen and oxygen atoms in total. The predicted molar refractivity (Wildman–Crippen MR) is 110 cm³/mol. The lowest BCUT2D eigenvalue weighted by atomic mass is 9.81. The van der Waals surface area contributed by atoms with E-state index in [1.165, 1.54) is 23.3 Å². The first-order valence-electron chi connectivity index (χ1n) is 9.82. The van der Waals surface area contributed by atoms with Gasteiger partial charge in [0.2, 0.25) is 0 Å². The third-order valence-electron chi connectivity index (χ3n) is 5.65. The quantitative estimate of drug-likeness (QED) is 0.228. The Morgan fingerprint density at radius 2 is 1.37 bits per heavy atom. The first kappa shape index (κ1) is 20.3.